The lowest BCUT2D eigenvalue weighted by atomic mass is 10.1. The van der Waals surface area contributed by atoms with Crippen LogP contribution < -0.4 is 11.1 Å². The van der Waals surface area contributed by atoms with Gasteiger partial charge in [0, 0.05) is 11.2 Å². The standard InChI is InChI=1S/C12H17ClN2O2S/c1-12(2,3)15-11(16)7-18(17)10-5-4-8(14)6-9(10)13/h4-6H,7,14H2,1-3H3,(H,15,16). The predicted molar refractivity (Wildman–Crippen MR) is 75.0 cm³/mol. The molecule has 0 heterocycles. The predicted octanol–water partition coefficient (Wildman–Crippen LogP) is 1.94. The lowest BCUT2D eigenvalue weighted by molar-refractivity contribution is -0.119. The quantitative estimate of drug-likeness (QED) is 0.835. The van der Waals surface area contributed by atoms with E-state index in [1.165, 1.54) is 6.07 Å². The van der Waals surface area contributed by atoms with Crippen LogP contribution >= 0.6 is 11.6 Å². The number of nitrogens with one attached hydrogen (secondary N) is 1. The number of nitrogens with two attached hydrogens (primary N) is 1. The SMILES string of the molecule is CC(C)(C)NC(=O)CS(=O)c1ccc(N)cc1Cl. The Hall–Kier alpha value is -1.07. The number of hydrogen-bond donors (Lipinski definition) is 2. The smallest absolute Gasteiger partial charge is 0.233 e. The van der Waals surface area contributed by atoms with Gasteiger partial charge in [-0.25, -0.2) is 0 Å². The molecule has 1 aromatic carbocycles. The van der Waals surface area contributed by atoms with Crippen molar-refractivity contribution in [1.29, 1.82) is 0 Å². The van der Waals surface area contributed by atoms with Crippen LogP contribution in [-0.2, 0) is 15.6 Å². The maximum atomic E-state index is 12.0. The van der Waals surface area contributed by atoms with E-state index in [0.717, 1.165) is 0 Å². The first kappa shape index (κ1) is 15.0. The summed E-state index contributed by atoms with van der Waals surface area (Å²) in [7, 11) is -1.47. The summed E-state index contributed by atoms with van der Waals surface area (Å²) in [4.78, 5) is 12.1. The van der Waals surface area contributed by atoms with Gasteiger partial charge in [0.15, 0.2) is 0 Å². The fourth-order valence-corrected chi connectivity index (χ4v) is 2.76. The maximum Gasteiger partial charge on any atom is 0.233 e. The second kappa shape index (κ2) is 5.71. The summed E-state index contributed by atoms with van der Waals surface area (Å²) < 4.78 is 12.0. The third-order valence-corrected chi connectivity index (χ3v) is 3.77. The zero-order valence-electron chi connectivity index (χ0n) is 10.6. The Kier molecular flexibility index (Phi) is 4.76. The molecule has 0 saturated carbocycles. The van der Waals surface area contributed by atoms with Gasteiger partial charge in [-0.2, -0.15) is 0 Å². The van der Waals surface area contributed by atoms with Crippen LogP contribution in [0, 0.1) is 0 Å². The number of benzene rings is 1. The van der Waals surface area contributed by atoms with Gasteiger partial charge in [-0.05, 0) is 39.0 Å². The topological polar surface area (TPSA) is 72.2 Å². The molecular formula is C12H17ClN2O2S. The average molecular weight is 289 g/mol. The van der Waals surface area contributed by atoms with Gasteiger partial charge >= 0.3 is 0 Å². The van der Waals surface area contributed by atoms with Gasteiger partial charge in [0.1, 0.15) is 5.75 Å². The number of rotatable bonds is 3. The molecule has 0 saturated heterocycles. The van der Waals surface area contributed by atoms with Crippen LogP contribution in [0.1, 0.15) is 20.8 Å². The monoisotopic (exact) mass is 288 g/mol. The van der Waals surface area contributed by atoms with Crippen LogP contribution in [0.25, 0.3) is 0 Å². The fraction of sp³-hybridized carbons (Fsp3) is 0.417. The number of carbonyl (C=O) groups is 1. The first-order valence-electron chi connectivity index (χ1n) is 5.43. The summed E-state index contributed by atoms with van der Waals surface area (Å²) in [5.74, 6) is -0.380. The van der Waals surface area contributed by atoms with Crippen LogP contribution in [0.5, 0.6) is 0 Å². The molecule has 6 heteroatoms. The average Bonchev–Trinajstić information content (AvgIpc) is 2.13. The highest BCUT2D eigenvalue weighted by molar-refractivity contribution is 7.85. The largest absolute Gasteiger partial charge is 0.399 e. The second-order valence-corrected chi connectivity index (χ2v) is 6.80. The first-order valence-corrected chi connectivity index (χ1v) is 7.13. The minimum Gasteiger partial charge on any atom is -0.399 e. The van der Waals surface area contributed by atoms with E-state index in [0.29, 0.717) is 15.6 Å². The molecule has 1 aromatic rings. The van der Waals surface area contributed by atoms with Crippen molar-refractivity contribution >= 4 is 34.0 Å². The highest BCUT2D eigenvalue weighted by Gasteiger charge is 2.18. The number of carbonyl (C=O) groups excluding carboxylic acids is 1. The van der Waals surface area contributed by atoms with Crippen molar-refractivity contribution in [2.75, 3.05) is 11.5 Å². The van der Waals surface area contributed by atoms with E-state index in [1.54, 1.807) is 12.1 Å². The van der Waals surface area contributed by atoms with Gasteiger partial charge in [-0.3, -0.25) is 9.00 Å². The summed E-state index contributed by atoms with van der Waals surface area (Å²) in [5.41, 5.74) is 5.71. The van der Waals surface area contributed by atoms with Gasteiger partial charge in [0.05, 0.1) is 20.7 Å². The Morgan fingerprint density at radius 2 is 2.06 bits per heavy atom. The summed E-state index contributed by atoms with van der Waals surface area (Å²) in [6.45, 7) is 5.60. The van der Waals surface area contributed by atoms with E-state index in [2.05, 4.69) is 5.32 Å². The molecule has 1 unspecified atom stereocenters. The van der Waals surface area contributed by atoms with Crippen molar-refractivity contribution in [3.8, 4) is 0 Å². The molecule has 0 radical (unpaired) electrons. The minimum absolute atomic E-state index is 0.110. The van der Waals surface area contributed by atoms with Crippen molar-refractivity contribution in [2.45, 2.75) is 31.2 Å². The highest BCUT2D eigenvalue weighted by atomic mass is 35.5. The summed E-state index contributed by atoms with van der Waals surface area (Å²) in [5, 5.41) is 3.07. The second-order valence-electron chi connectivity index (χ2n) is 4.98. The number of halogens is 1. The molecule has 0 aliphatic rings. The van der Waals surface area contributed by atoms with Gasteiger partial charge in [0.2, 0.25) is 5.91 Å². The van der Waals surface area contributed by atoms with Crippen molar-refractivity contribution in [3.63, 3.8) is 0 Å². The number of anilines is 1. The first-order chi connectivity index (χ1) is 8.19. The van der Waals surface area contributed by atoms with Gasteiger partial charge in [0.25, 0.3) is 0 Å². The lowest BCUT2D eigenvalue weighted by Gasteiger charge is -2.20. The van der Waals surface area contributed by atoms with Crippen LogP contribution in [0.4, 0.5) is 5.69 Å². The Morgan fingerprint density at radius 3 is 2.56 bits per heavy atom. The molecule has 3 N–H and O–H groups in total. The highest BCUT2D eigenvalue weighted by Crippen LogP contribution is 2.22. The van der Waals surface area contributed by atoms with Gasteiger partial charge in [-0.1, -0.05) is 11.6 Å². The van der Waals surface area contributed by atoms with Crippen molar-refractivity contribution in [1.82, 2.24) is 5.32 Å². The third-order valence-electron chi connectivity index (χ3n) is 1.98. The molecule has 0 aliphatic carbocycles. The number of amides is 1. The third kappa shape index (κ3) is 4.66. The maximum absolute atomic E-state index is 12.0. The molecule has 0 aromatic heterocycles. The van der Waals surface area contributed by atoms with E-state index >= 15 is 0 Å². The number of nitrogen functional groups attached to an aromatic ring is 1. The molecule has 18 heavy (non-hydrogen) atoms. The van der Waals surface area contributed by atoms with E-state index in [1.807, 2.05) is 20.8 Å². The molecule has 100 valence electrons. The Bertz CT molecular complexity index is 483. The Morgan fingerprint density at radius 1 is 1.44 bits per heavy atom. The molecule has 1 rings (SSSR count). The lowest BCUT2D eigenvalue weighted by Crippen LogP contribution is -2.42. The van der Waals surface area contributed by atoms with E-state index in [4.69, 9.17) is 17.3 Å². The van der Waals surface area contributed by atoms with Crippen LogP contribution in [0.3, 0.4) is 0 Å². The molecule has 0 aliphatic heterocycles. The molecular weight excluding hydrogens is 272 g/mol. The molecule has 0 fully saturated rings. The van der Waals surface area contributed by atoms with Crippen molar-refractivity contribution < 1.29 is 9.00 Å². The normalized spacial score (nSPS) is 13.1. The molecule has 4 nitrogen and oxygen atoms in total. The van der Waals surface area contributed by atoms with Crippen LogP contribution in [0.15, 0.2) is 23.1 Å². The van der Waals surface area contributed by atoms with E-state index in [-0.39, 0.29) is 17.2 Å². The van der Waals surface area contributed by atoms with E-state index < -0.39 is 10.8 Å². The molecule has 0 spiro atoms. The summed E-state index contributed by atoms with van der Waals surface area (Å²) in [6.07, 6.45) is 0. The van der Waals surface area contributed by atoms with Crippen LogP contribution in [-0.4, -0.2) is 21.4 Å². The zero-order valence-corrected chi connectivity index (χ0v) is 12.2. The van der Waals surface area contributed by atoms with Crippen molar-refractivity contribution in [2.24, 2.45) is 0 Å². The Labute approximate surface area is 114 Å². The van der Waals surface area contributed by atoms with Gasteiger partial charge < -0.3 is 11.1 Å². The fourth-order valence-electron chi connectivity index (χ4n) is 1.35. The molecule has 1 amide bonds. The molecule has 1 atom stereocenters. The molecule has 0 bridgehead atoms. The summed E-state index contributed by atoms with van der Waals surface area (Å²) in [6, 6.07) is 4.72. The van der Waals surface area contributed by atoms with E-state index in [9.17, 15) is 9.00 Å². The minimum atomic E-state index is -1.47. The summed E-state index contributed by atoms with van der Waals surface area (Å²) >= 11 is 5.94. The zero-order chi connectivity index (χ0) is 13.9. The van der Waals surface area contributed by atoms with Gasteiger partial charge in [-0.15, -0.1) is 0 Å². The van der Waals surface area contributed by atoms with Crippen LogP contribution in [0.2, 0.25) is 5.02 Å². The number of hydrogen-bond acceptors (Lipinski definition) is 3. The van der Waals surface area contributed by atoms with Crippen molar-refractivity contribution in [3.05, 3.63) is 23.2 Å². The Balaban J connectivity index is 2.74.